The van der Waals surface area contributed by atoms with Gasteiger partial charge < -0.3 is 4.90 Å². The first-order chi connectivity index (χ1) is 4.76. The summed E-state index contributed by atoms with van der Waals surface area (Å²) in [7, 11) is 4.21. The Kier molecular flexibility index (Phi) is 3.15. The third-order valence-electron chi connectivity index (χ3n) is 1.63. The third kappa shape index (κ3) is 2.96. The van der Waals surface area contributed by atoms with Gasteiger partial charge in [0, 0.05) is 25.2 Å². The molecule has 0 aliphatic carbocycles. The van der Waals surface area contributed by atoms with E-state index in [9.17, 15) is 0 Å². The predicted molar refractivity (Wildman–Crippen MR) is 51.5 cm³/mol. The smallest absolute Gasteiger partial charge is 0.0168 e. The van der Waals surface area contributed by atoms with Crippen LogP contribution in [0.25, 0.3) is 0 Å². The van der Waals surface area contributed by atoms with Gasteiger partial charge in [-0.25, -0.2) is 0 Å². The molecule has 0 rings (SSSR count). The molecule has 0 aromatic rings. The molecule has 0 atom stereocenters. The summed E-state index contributed by atoms with van der Waals surface area (Å²) in [6, 6.07) is 0. The van der Waals surface area contributed by atoms with Gasteiger partial charge in [-0.3, -0.25) is 0 Å². The van der Waals surface area contributed by atoms with Crippen LogP contribution in [0.1, 0.15) is 34.6 Å². The topological polar surface area (TPSA) is 3.24 Å². The lowest BCUT2D eigenvalue weighted by Gasteiger charge is -2.31. The SMILES string of the molecule is CC(C)=C(N(C)C)C(C)(C)C. The number of hydrogen-bond acceptors (Lipinski definition) is 1. The molecule has 1 heteroatoms. The Labute approximate surface area is 71.1 Å². The molecule has 0 radical (unpaired) electrons. The van der Waals surface area contributed by atoms with Crippen molar-refractivity contribution < 1.29 is 0 Å². The number of nitrogens with zero attached hydrogens (tertiary/aromatic N) is 1. The molecule has 0 saturated carbocycles. The fraction of sp³-hybridized carbons (Fsp3) is 0.800. The standard InChI is InChI=1S/C10H21N/c1-8(2)9(11(6)7)10(3,4)5/h1-7H3. The normalized spacial score (nSPS) is 11.2. The van der Waals surface area contributed by atoms with Crippen molar-refractivity contribution >= 4 is 0 Å². The zero-order chi connectivity index (χ0) is 9.23. The highest BCUT2D eigenvalue weighted by molar-refractivity contribution is 5.14. The Morgan fingerprint density at radius 2 is 1.36 bits per heavy atom. The van der Waals surface area contributed by atoms with Gasteiger partial charge in [0.2, 0.25) is 0 Å². The van der Waals surface area contributed by atoms with Crippen LogP contribution < -0.4 is 0 Å². The van der Waals surface area contributed by atoms with Crippen molar-refractivity contribution in [1.82, 2.24) is 4.90 Å². The van der Waals surface area contributed by atoms with Crippen molar-refractivity contribution in [3.05, 3.63) is 11.3 Å². The van der Waals surface area contributed by atoms with Crippen LogP contribution in [0.3, 0.4) is 0 Å². The number of rotatable bonds is 1. The van der Waals surface area contributed by atoms with E-state index < -0.39 is 0 Å². The van der Waals surface area contributed by atoms with Crippen LogP contribution in [0.4, 0.5) is 0 Å². The zero-order valence-corrected chi connectivity index (χ0v) is 8.95. The lowest BCUT2D eigenvalue weighted by Crippen LogP contribution is -2.24. The number of hydrogen-bond donors (Lipinski definition) is 0. The molecule has 0 spiro atoms. The van der Waals surface area contributed by atoms with Gasteiger partial charge in [0.25, 0.3) is 0 Å². The molecule has 0 aliphatic heterocycles. The molecule has 0 fully saturated rings. The van der Waals surface area contributed by atoms with Gasteiger partial charge in [-0.2, -0.15) is 0 Å². The van der Waals surface area contributed by atoms with Gasteiger partial charge in [0.05, 0.1) is 0 Å². The molecule has 0 unspecified atom stereocenters. The first kappa shape index (κ1) is 10.5. The van der Waals surface area contributed by atoms with E-state index in [1.54, 1.807) is 0 Å². The molecule has 0 bridgehead atoms. The van der Waals surface area contributed by atoms with E-state index in [0.717, 1.165) is 0 Å². The molecule has 0 aliphatic rings. The molecular formula is C10H21N. The molecule has 1 nitrogen and oxygen atoms in total. The van der Waals surface area contributed by atoms with Crippen molar-refractivity contribution in [2.24, 2.45) is 5.41 Å². The molecule has 0 N–H and O–H groups in total. The molecule has 66 valence electrons. The van der Waals surface area contributed by atoms with Crippen LogP contribution in [0.15, 0.2) is 11.3 Å². The Morgan fingerprint density at radius 1 is 1.00 bits per heavy atom. The first-order valence-corrected chi connectivity index (χ1v) is 4.12. The van der Waals surface area contributed by atoms with Crippen LogP contribution in [0, 0.1) is 5.41 Å². The van der Waals surface area contributed by atoms with Crippen LogP contribution in [-0.4, -0.2) is 19.0 Å². The largest absolute Gasteiger partial charge is 0.381 e. The van der Waals surface area contributed by atoms with E-state index in [1.807, 2.05) is 0 Å². The molecule has 0 saturated heterocycles. The van der Waals surface area contributed by atoms with Crippen LogP contribution in [0.2, 0.25) is 0 Å². The molecule has 0 aromatic carbocycles. The maximum atomic E-state index is 2.25. The average molecular weight is 155 g/mol. The minimum Gasteiger partial charge on any atom is -0.381 e. The summed E-state index contributed by atoms with van der Waals surface area (Å²) in [6.07, 6.45) is 0. The Morgan fingerprint density at radius 3 is 1.36 bits per heavy atom. The Bertz CT molecular complexity index is 154. The first-order valence-electron chi connectivity index (χ1n) is 4.12. The summed E-state index contributed by atoms with van der Waals surface area (Å²) in [5.41, 5.74) is 3.10. The van der Waals surface area contributed by atoms with E-state index in [-0.39, 0.29) is 5.41 Å². The van der Waals surface area contributed by atoms with Gasteiger partial charge in [0.1, 0.15) is 0 Å². The van der Waals surface area contributed by atoms with Gasteiger partial charge in [-0.15, -0.1) is 0 Å². The second-order valence-corrected chi connectivity index (χ2v) is 4.49. The maximum absolute atomic E-state index is 2.25. The van der Waals surface area contributed by atoms with E-state index in [4.69, 9.17) is 0 Å². The predicted octanol–water partition coefficient (Wildman–Crippen LogP) is 2.89. The summed E-state index contributed by atoms with van der Waals surface area (Å²) < 4.78 is 0. The van der Waals surface area contributed by atoms with Crippen molar-refractivity contribution in [1.29, 1.82) is 0 Å². The van der Waals surface area contributed by atoms with Crippen LogP contribution in [0.5, 0.6) is 0 Å². The fourth-order valence-electron chi connectivity index (χ4n) is 1.87. The quantitative estimate of drug-likeness (QED) is 0.563. The van der Waals surface area contributed by atoms with Gasteiger partial charge >= 0.3 is 0 Å². The minimum atomic E-state index is 0.266. The number of allylic oxidation sites excluding steroid dienone is 2. The van der Waals surface area contributed by atoms with Crippen molar-refractivity contribution in [2.75, 3.05) is 14.1 Å². The lowest BCUT2D eigenvalue weighted by atomic mass is 9.88. The fourth-order valence-corrected chi connectivity index (χ4v) is 1.87. The highest BCUT2D eigenvalue weighted by Crippen LogP contribution is 2.28. The summed E-state index contributed by atoms with van der Waals surface area (Å²) in [5, 5.41) is 0. The Hall–Kier alpha value is -0.460. The zero-order valence-electron chi connectivity index (χ0n) is 8.95. The van der Waals surface area contributed by atoms with Crippen LogP contribution >= 0.6 is 0 Å². The van der Waals surface area contributed by atoms with Gasteiger partial charge in [-0.1, -0.05) is 26.3 Å². The lowest BCUT2D eigenvalue weighted by molar-refractivity contribution is 0.347. The molecule has 0 amide bonds. The molecule has 11 heavy (non-hydrogen) atoms. The summed E-state index contributed by atoms with van der Waals surface area (Å²) in [5.74, 6) is 0. The monoisotopic (exact) mass is 155 g/mol. The van der Waals surface area contributed by atoms with E-state index in [1.165, 1.54) is 11.3 Å². The van der Waals surface area contributed by atoms with E-state index in [2.05, 4.69) is 53.6 Å². The maximum Gasteiger partial charge on any atom is 0.0168 e. The summed E-state index contributed by atoms with van der Waals surface area (Å²) in [4.78, 5) is 2.20. The Balaban J connectivity index is 4.80. The van der Waals surface area contributed by atoms with Crippen LogP contribution in [-0.2, 0) is 0 Å². The minimum absolute atomic E-state index is 0.266. The van der Waals surface area contributed by atoms with Gasteiger partial charge in [0.15, 0.2) is 0 Å². The van der Waals surface area contributed by atoms with E-state index >= 15 is 0 Å². The van der Waals surface area contributed by atoms with E-state index in [0.29, 0.717) is 0 Å². The van der Waals surface area contributed by atoms with Crippen molar-refractivity contribution in [2.45, 2.75) is 34.6 Å². The third-order valence-corrected chi connectivity index (χ3v) is 1.63. The summed E-state index contributed by atoms with van der Waals surface area (Å²) >= 11 is 0. The summed E-state index contributed by atoms with van der Waals surface area (Å²) in [6.45, 7) is 11.1. The highest BCUT2D eigenvalue weighted by atomic mass is 15.1. The second kappa shape index (κ2) is 3.29. The molecule has 0 heterocycles. The van der Waals surface area contributed by atoms with Crippen molar-refractivity contribution in [3.8, 4) is 0 Å². The average Bonchev–Trinajstić information content (AvgIpc) is 1.54. The van der Waals surface area contributed by atoms with Crippen molar-refractivity contribution in [3.63, 3.8) is 0 Å². The highest BCUT2D eigenvalue weighted by Gasteiger charge is 2.19. The molecular weight excluding hydrogens is 134 g/mol. The second-order valence-electron chi connectivity index (χ2n) is 4.49. The van der Waals surface area contributed by atoms with Gasteiger partial charge in [-0.05, 0) is 13.8 Å². The molecule has 0 aromatic heterocycles.